The van der Waals surface area contributed by atoms with Crippen LogP contribution in [0.1, 0.15) is 30.1 Å². The van der Waals surface area contributed by atoms with E-state index in [9.17, 15) is 4.79 Å². The Balaban J connectivity index is 1.59. The van der Waals surface area contributed by atoms with Gasteiger partial charge in [-0.15, -0.1) is 6.42 Å². The van der Waals surface area contributed by atoms with Crippen LogP contribution in [-0.4, -0.2) is 11.6 Å². The zero-order valence-electron chi connectivity index (χ0n) is 17.5. The highest BCUT2D eigenvalue weighted by Crippen LogP contribution is 2.33. The lowest BCUT2D eigenvalue weighted by Crippen LogP contribution is -2.36. The van der Waals surface area contributed by atoms with Crippen LogP contribution >= 0.6 is 0 Å². The number of allylic oxidation sites excluding steroid dienone is 1. The van der Waals surface area contributed by atoms with E-state index in [4.69, 9.17) is 11.2 Å². The van der Waals surface area contributed by atoms with Crippen LogP contribution in [0, 0.1) is 18.3 Å². The molecular formula is C28H25O2S+. The van der Waals surface area contributed by atoms with E-state index in [1.807, 2.05) is 43.3 Å². The van der Waals surface area contributed by atoms with Gasteiger partial charge in [0.2, 0.25) is 0 Å². The van der Waals surface area contributed by atoms with Gasteiger partial charge in [0.1, 0.15) is 0 Å². The molecule has 3 aromatic rings. The predicted octanol–water partition coefficient (Wildman–Crippen LogP) is 6.30. The topological polar surface area (TPSA) is 26.3 Å². The highest BCUT2D eigenvalue weighted by molar-refractivity contribution is 7.97. The molecule has 0 aliphatic heterocycles. The molecule has 3 aromatic carbocycles. The summed E-state index contributed by atoms with van der Waals surface area (Å²) in [5, 5.41) is 0. The zero-order chi connectivity index (χ0) is 21.7. The molecule has 2 unspecified atom stereocenters. The summed E-state index contributed by atoms with van der Waals surface area (Å²) in [6, 6.07) is 28.6. The molecule has 2 nitrogen and oxygen atoms in total. The van der Waals surface area contributed by atoms with Gasteiger partial charge >= 0.3 is 5.97 Å². The second kappa shape index (κ2) is 9.29. The third kappa shape index (κ3) is 4.60. The summed E-state index contributed by atoms with van der Waals surface area (Å²) < 4.78 is 5.80. The molecular weight excluding hydrogens is 400 g/mol. The number of esters is 1. The molecule has 0 fully saturated rings. The van der Waals surface area contributed by atoms with Crippen LogP contribution in [0.15, 0.2) is 112 Å². The maximum atomic E-state index is 12.9. The highest BCUT2D eigenvalue weighted by Gasteiger charge is 2.36. The molecule has 0 aromatic heterocycles. The van der Waals surface area contributed by atoms with Gasteiger partial charge in [0.25, 0.3) is 0 Å². The zero-order valence-corrected chi connectivity index (χ0v) is 18.3. The lowest BCUT2D eigenvalue weighted by Gasteiger charge is -2.29. The number of hydrogen-bond acceptors (Lipinski definition) is 2. The van der Waals surface area contributed by atoms with E-state index >= 15 is 0 Å². The average Bonchev–Trinajstić information content (AvgIpc) is 3.37. The van der Waals surface area contributed by atoms with Crippen LogP contribution in [0.2, 0.25) is 0 Å². The molecule has 0 spiro atoms. The number of terminal acetylenes is 1. The lowest BCUT2D eigenvalue weighted by atomic mass is 9.89. The molecule has 0 N–H and O–H groups in total. The summed E-state index contributed by atoms with van der Waals surface area (Å²) >= 11 is 0. The molecule has 0 heterocycles. The standard InChI is InChI=1S/C28H25O2S/c1-3-28(2,23-12-10-11-13-23)30-27(29)22-18-20-26(21-19-22)31(24-14-6-4-7-15-24)25-16-8-5-9-17-25/h1,4-10,12,14-21,23H,11,13H2,2H3/q+1. The average molecular weight is 426 g/mol. The van der Waals surface area contributed by atoms with Crippen LogP contribution in [0.25, 0.3) is 0 Å². The maximum absolute atomic E-state index is 12.9. The first-order valence-corrected chi connectivity index (χ1v) is 11.7. The molecule has 0 radical (unpaired) electrons. The third-order valence-corrected chi connectivity index (χ3v) is 7.83. The van der Waals surface area contributed by atoms with Crippen LogP contribution in [0.4, 0.5) is 0 Å². The fourth-order valence-electron chi connectivity index (χ4n) is 3.80. The van der Waals surface area contributed by atoms with Crippen molar-refractivity contribution in [1.29, 1.82) is 0 Å². The second-order valence-electron chi connectivity index (χ2n) is 7.71. The van der Waals surface area contributed by atoms with Gasteiger partial charge in [-0.25, -0.2) is 4.79 Å². The second-order valence-corrected chi connectivity index (χ2v) is 9.74. The van der Waals surface area contributed by atoms with Gasteiger partial charge in [0.15, 0.2) is 20.3 Å². The van der Waals surface area contributed by atoms with Crippen molar-refractivity contribution < 1.29 is 9.53 Å². The normalized spacial score (nSPS) is 17.1. The highest BCUT2D eigenvalue weighted by atomic mass is 32.2. The minimum Gasteiger partial charge on any atom is -0.442 e. The first kappa shape index (κ1) is 21.0. The number of carbonyl (C=O) groups is 1. The summed E-state index contributed by atoms with van der Waals surface area (Å²) in [6.07, 6.45) is 11.8. The van der Waals surface area contributed by atoms with Gasteiger partial charge in [-0.05, 0) is 68.3 Å². The molecule has 0 saturated carbocycles. The van der Waals surface area contributed by atoms with Gasteiger partial charge in [0.05, 0.1) is 16.5 Å². The monoisotopic (exact) mass is 425 g/mol. The van der Waals surface area contributed by atoms with Crippen molar-refractivity contribution in [1.82, 2.24) is 0 Å². The minimum atomic E-state index is -0.929. The number of ether oxygens (including phenoxy) is 1. The van der Waals surface area contributed by atoms with Crippen LogP contribution in [0.5, 0.6) is 0 Å². The van der Waals surface area contributed by atoms with Crippen molar-refractivity contribution >= 4 is 16.9 Å². The van der Waals surface area contributed by atoms with Crippen LogP contribution in [-0.2, 0) is 15.6 Å². The van der Waals surface area contributed by atoms with Gasteiger partial charge in [-0.1, -0.05) is 54.5 Å². The SMILES string of the molecule is C#CC(C)(OC(=O)c1ccc([S+](c2ccccc2)c2ccccc2)cc1)C1C=CCC1. The van der Waals surface area contributed by atoms with Crippen molar-refractivity contribution in [2.24, 2.45) is 5.92 Å². The Hall–Kier alpha value is -3.22. The largest absolute Gasteiger partial charge is 0.442 e. The maximum Gasteiger partial charge on any atom is 0.339 e. The first-order valence-electron chi connectivity index (χ1n) is 10.4. The van der Waals surface area contributed by atoms with E-state index in [1.165, 1.54) is 9.79 Å². The fraction of sp³-hybridized carbons (Fsp3) is 0.179. The minimum absolute atomic E-state index is 0.0581. The number of benzene rings is 3. The van der Waals surface area contributed by atoms with E-state index in [0.717, 1.165) is 17.7 Å². The summed E-state index contributed by atoms with van der Waals surface area (Å²) in [5.41, 5.74) is -0.418. The van der Waals surface area contributed by atoms with Crippen molar-refractivity contribution in [2.45, 2.75) is 40.1 Å². The van der Waals surface area contributed by atoms with Crippen molar-refractivity contribution in [3.05, 3.63) is 103 Å². The third-order valence-electron chi connectivity index (χ3n) is 5.60. The van der Waals surface area contributed by atoms with E-state index in [2.05, 4.69) is 66.6 Å². The van der Waals surface area contributed by atoms with Crippen molar-refractivity contribution in [3.8, 4) is 12.3 Å². The smallest absolute Gasteiger partial charge is 0.339 e. The molecule has 3 heteroatoms. The quantitative estimate of drug-likeness (QED) is 0.201. The summed E-state index contributed by atoms with van der Waals surface area (Å²) in [7, 11) is -0.252. The van der Waals surface area contributed by atoms with Crippen LogP contribution in [0.3, 0.4) is 0 Å². The molecule has 154 valence electrons. The number of rotatable bonds is 6. The van der Waals surface area contributed by atoms with E-state index in [0.29, 0.717) is 5.56 Å². The number of hydrogen-bond donors (Lipinski definition) is 0. The van der Waals surface area contributed by atoms with E-state index < -0.39 is 5.60 Å². The molecule has 0 amide bonds. The Morgan fingerprint density at radius 2 is 1.48 bits per heavy atom. The molecule has 0 saturated heterocycles. The first-order chi connectivity index (χ1) is 15.1. The molecule has 2 atom stereocenters. The Kier molecular flexibility index (Phi) is 6.30. The van der Waals surface area contributed by atoms with Gasteiger partial charge in [-0.3, -0.25) is 0 Å². The fourth-order valence-corrected chi connectivity index (χ4v) is 5.89. The molecule has 4 rings (SSSR count). The van der Waals surface area contributed by atoms with Crippen molar-refractivity contribution in [2.75, 3.05) is 0 Å². The van der Waals surface area contributed by atoms with Gasteiger partial charge in [-0.2, -0.15) is 0 Å². The Bertz CT molecular complexity index is 1060. The van der Waals surface area contributed by atoms with Crippen LogP contribution < -0.4 is 0 Å². The van der Waals surface area contributed by atoms with E-state index in [-0.39, 0.29) is 22.8 Å². The van der Waals surface area contributed by atoms with Gasteiger partial charge < -0.3 is 4.74 Å². The summed E-state index contributed by atoms with van der Waals surface area (Å²) in [5.74, 6) is 2.38. The Morgan fingerprint density at radius 1 is 0.935 bits per heavy atom. The predicted molar refractivity (Wildman–Crippen MR) is 126 cm³/mol. The summed E-state index contributed by atoms with van der Waals surface area (Å²) in [4.78, 5) is 16.5. The molecule has 0 bridgehead atoms. The molecule has 1 aliphatic carbocycles. The summed E-state index contributed by atoms with van der Waals surface area (Å²) in [6.45, 7) is 1.82. The Morgan fingerprint density at radius 3 is 1.97 bits per heavy atom. The van der Waals surface area contributed by atoms with Crippen molar-refractivity contribution in [3.63, 3.8) is 0 Å². The molecule has 31 heavy (non-hydrogen) atoms. The van der Waals surface area contributed by atoms with E-state index in [1.54, 1.807) is 0 Å². The lowest BCUT2D eigenvalue weighted by molar-refractivity contribution is -0.000702. The molecule has 1 aliphatic rings. The number of carbonyl (C=O) groups excluding carboxylic acids is 1. The Labute approximate surface area is 187 Å². The van der Waals surface area contributed by atoms with Gasteiger partial charge in [0, 0.05) is 5.92 Å².